The fraction of sp³-hybridized carbons (Fsp3) is 0.538. The maximum Gasteiger partial charge on any atom is 0.120 e. The Labute approximate surface area is 179 Å². The molecule has 0 spiro atoms. The van der Waals surface area contributed by atoms with Gasteiger partial charge in [-0.15, -0.1) is 0 Å². The van der Waals surface area contributed by atoms with Crippen LogP contribution >= 0.6 is 0 Å². The van der Waals surface area contributed by atoms with Crippen molar-refractivity contribution < 1.29 is 14.9 Å². The summed E-state index contributed by atoms with van der Waals surface area (Å²) in [5.41, 5.74) is 3.82. The molecule has 4 nitrogen and oxygen atoms in total. The minimum absolute atomic E-state index is 0.0263. The number of aliphatic hydroxyl groups is 1. The van der Waals surface area contributed by atoms with Crippen LogP contribution in [0.15, 0.2) is 42.5 Å². The summed E-state index contributed by atoms with van der Waals surface area (Å²) in [5.74, 6) is 3.04. The zero-order valence-corrected chi connectivity index (χ0v) is 18.0. The van der Waals surface area contributed by atoms with Gasteiger partial charge < -0.3 is 20.3 Å². The minimum Gasteiger partial charge on any atom is -0.508 e. The van der Waals surface area contributed by atoms with Crippen LogP contribution in [-0.4, -0.2) is 29.5 Å². The van der Waals surface area contributed by atoms with E-state index in [4.69, 9.17) is 4.74 Å². The molecule has 0 aromatic heterocycles. The van der Waals surface area contributed by atoms with Crippen LogP contribution in [0.5, 0.6) is 11.5 Å². The van der Waals surface area contributed by atoms with E-state index < -0.39 is 0 Å². The third-order valence-corrected chi connectivity index (χ3v) is 8.48. The Morgan fingerprint density at radius 2 is 2.00 bits per heavy atom. The molecule has 3 aliphatic carbocycles. The second-order valence-electron chi connectivity index (χ2n) is 9.82. The standard InChI is InChI=1S/C26H33NO3/c1-26-12-11-20-19-10-8-18(30-2)13-16(19)7-9-21(20)22(26)14-23(25(26)29)27-15-17-5-3-4-6-24(17)28/h3-6,8,10,13,20-23,25,27-29H,7,9,11-12,14-15H2,1-2H3/t20-,21-,22+,23+,25-,26+/m1/s1. The van der Waals surface area contributed by atoms with E-state index in [0.717, 1.165) is 37.0 Å². The van der Waals surface area contributed by atoms with Crippen LogP contribution in [0.25, 0.3) is 0 Å². The molecule has 2 saturated carbocycles. The Morgan fingerprint density at radius 3 is 2.80 bits per heavy atom. The van der Waals surface area contributed by atoms with Gasteiger partial charge in [-0.25, -0.2) is 0 Å². The average Bonchev–Trinajstić information content (AvgIpc) is 3.03. The molecule has 3 N–H and O–H groups in total. The lowest BCUT2D eigenvalue weighted by Gasteiger charge is -2.50. The van der Waals surface area contributed by atoms with Gasteiger partial charge in [0, 0.05) is 18.2 Å². The SMILES string of the molecule is COc1ccc2c(c1)CC[C@@H]1[C@@H]2CC[C@]2(C)[C@H](O)[C@@H](NCc3ccccc3O)C[C@@H]12. The summed E-state index contributed by atoms with van der Waals surface area (Å²) in [4.78, 5) is 0. The van der Waals surface area contributed by atoms with Crippen molar-refractivity contribution in [1.29, 1.82) is 0 Å². The van der Waals surface area contributed by atoms with Crippen molar-refractivity contribution >= 4 is 0 Å². The first-order valence-corrected chi connectivity index (χ1v) is 11.4. The van der Waals surface area contributed by atoms with E-state index in [0.29, 0.717) is 30.0 Å². The summed E-state index contributed by atoms with van der Waals surface area (Å²) >= 11 is 0. The maximum atomic E-state index is 11.3. The number of rotatable bonds is 4. The van der Waals surface area contributed by atoms with Crippen molar-refractivity contribution in [2.75, 3.05) is 7.11 Å². The number of aryl methyl sites for hydroxylation is 1. The first-order valence-electron chi connectivity index (χ1n) is 11.4. The number of methoxy groups -OCH3 is 1. The van der Waals surface area contributed by atoms with E-state index >= 15 is 0 Å². The molecule has 6 atom stereocenters. The smallest absolute Gasteiger partial charge is 0.120 e. The molecule has 3 aliphatic rings. The second kappa shape index (κ2) is 7.58. The maximum absolute atomic E-state index is 11.3. The second-order valence-corrected chi connectivity index (χ2v) is 9.82. The molecule has 30 heavy (non-hydrogen) atoms. The fourth-order valence-corrected chi connectivity index (χ4v) is 6.80. The number of hydrogen-bond acceptors (Lipinski definition) is 4. The van der Waals surface area contributed by atoms with Crippen LogP contribution in [0.2, 0.25) is 0 Å². The van der Waals surface area contributed by atoms with E-state index in [9.17, 15) is 10.2 Å². The Bertz CT molecular complexity index is 928. The molecule has 0 unspecified atom stereocenters. The molecule has 2 aromatic carbocycles. The quantitative estimate of drug-likeness (QED) is 0.704. The molecule has 4 heteroatoms. The number of phenols is 1. The van der Waals surface area contributed by atoms with Crippen LogP contribution in [0.1, 0.15) is 55.2 Å². The number of benzene rings is 2. The Balaban J connectivity index is 1.35. The van der Waals surface area contributed by atoms with E-state index in [-0.39, 0.29) is 17.6 Å². The monoisotopic (exact) mass is 407 g/mol. The lowest BCUT2D eigenvalue weighted by Crippen LogP contribution is -2.46. The Morgan fingerprint density at radius 1 is 1.17 bits per heavy atom. The highest BCUT2D eigenvalue weighted by atomic mass is 16.5. The number of ether oxygens (including phenoxy) is 1. The van der Waals surface area contributed by atoms with Crippen molar-refractivity contribution in [3.63, 3.8) is 0 Å². The van der Waals surface area contributed by atoms with Crippen molar-refractivity contribution in [2.24, 2.45) is 17.3 Å². The van der Waals surface area contributed by atoms with Gasteiger partial charge in [0.05, 0.1) is 13.2 Å². The van der Waals surface area contributed by atoms with Crippen LogP contribution in [0.3, 0.4) is 0 Å². The molecule has 0 radical (unpaired) electrons. The summed E-state index contributed by atoms with van der Waals surface area (Å²) in [6.07, 6.45) is 5.20. The molecule has 0 bridgehead atoms. The van der Waals surface area contributed by atoms with E-state index in [1.807, 2.05) is 18.2 Å². The average molecular weight is 408 g/mol. The van der Waals surface area contributed by atoms with Crippen LogP contribution in [0, 0.1) is 17.3 Å². The number of hydrogen-bond donors (Lipinski definition) is 3. The number of nitrogens with one attached hydrogen (secondary N) is 1. The summed E-state index contributed by atoms with van der Waals surface area (Å²) in [7, 11) is 1.74. The number of aromatic hydroxyl groups is 1. The van der Waals surface area contributed by atoms with E-state index in [2.05, 4.69) is 30.4 Å². The van der Waals surface area contributed by atoms with Crippen LogP contribution < -0.4 is 10.1 Å². The molecule has 0 aliphatic heterocycles. The van der Waals surface area contributed by atoms with Crippen LogP contribution in [0.4, 0.5) is 0 Å². The van der Waals surface area contributed by atoms with Crippen molar-refractivity contribution in [2.45, 2.75) is 63.6 Å². The number of fused-ring (bicyclic) bond motifs is 5. The van der Waals surface area contributed by atoms with Gasteiger partial charge in [-0.05, 0) is 84.6 Å². The third kappa shape index (κ3) is 3.12. The van der Waals surface area contributed by atoms with Gasteiger partial charge in [-0.2, -0.15) is 0 Å². The van der Waals surface area contributed by atoms with Gasteiger partial charge in [0.2, 0.25) is 0 Å². The number of phenolic OH excluding ortho intramolecular Hbond substituents is 1. The zero-order chi connectivity index (χ0) is 20.9. The summed E-state index contributed by atoms with van der Waals surface area (Å²) in [6.45, 7) is 2.90. The first-order chi connectivity index (χ1) is 14.5. The Hall–Kier alpha value is -2.04. The van der Waals surface area contributed by atoms with Crippen molar-refractivity contribution in [3.8, 4) is 11.5 Å². The molecular formula is C26H33NO3. The molecular weight excluding hydrogens is 374 g/mol. The lowest BCUT2D eigenvalue weighted by molar-refractivity contribution is -0.0281. The largest absolute Gasteiger partial charge is 0.508 e. The van der Waals surface area contributed by atoms with Gasteiger partial charge >= 0.3 is 0 Å². The molecule has 2 fully saturated rings. The summed E-state index contributed by atoms with van der Waals surface area (Å²) in [6, 6.07) is 14.2. The third-order valence-electron chi connectivity index (χ3n) is 8.48. The van der Waals surface area contributed by atoms with E-state index in [1.54, 1.807) is 13.2 Å². The summed E-state index contributed by atoms with van der Waals surface area (Å²) < 4.78 is 5.44. The van der Waals surface area contributed by atoms with E-state index in [1.165, 1.54) is 17.5 Å². The van der Waals surface area contributed by atoms with Gasteiger partial charge in [0.15, 0.2) is 0 Å². The molecule has 0 amide bonds. The van der Waals surface area contributed by atoms with Crippen molar-refractivity contribution in [1.82, 2.24) is 5.32 Å². The van der Waals surface area contributed by atoms with Crippen molar-refractivity contribution in [3.05, 3.63) is 59.2 Å². The normalized spacial score (nSPS) is 34.7. The number of para-hydroxylation sites is 1. The highest BCUT2D eigenvalue weighted by Crippen LogP contribution is 2.61. The van der Waals surface area contributed by atoms with Gasteiger partial charge in [0.25, 0.3) is 0 Å². The van der Waals surface area contributed by atoms with Gasteiger partial charge in [0.1, 0.15) is 11.5 Å². The highest BCUT2D eigenvalue weighted by Gasteiger charge is 2.57. The first kappa shape index (κ1) is 19.9. The molecule has 5 rings (SSSR count). The van der Waals surface area contributed by atoms with Gasteiger partial charge in [-0.1, -0.05) is 31.2 Å². The summed E-state index contributed by atoms with van der Waals surface area (Å²) in [5, 5.41) is 25.0. The number of aliphatic hydroxyl groups excluding tert-OH is 1. The molecule has 0 saturated heterocycles. The minimum atomic E-state index is -0.341. The van der Waals surface area contributed by atoms with Gasteiger partial charge in [-0.3, -0.25) is 0 Å². The molecule has 0 heterocycles. The Kier molecular flexibility index (Phi) is 5.03. The zero-order valence-electron chi connectivity index (χ0n) is 18.0. The lowest BCUT2D eigenvalue weighted by atomic mass is 9.55. The predicted molar refractivity (Wildman–Crippen MR) is 118 cm³/mol. The van der Waals surface area contributed by atoms with Crippen LogP contribution in [-0.2, 0) is 13.0 Å². The highest BCUT2D eigenvalue weighted by molar-refractivity contribution is 5.41. The topological polar surface area (TPSA) is 61.7 Å². The fourth-order valence-electron chi connectivity index (χ4n) is 6.80. The molecule has 2 aromatic rings. The predicted octanol–water partition coefficient (Wildman–Crippen LogP) is 4.39. The molecule has 160 valence electrons.